The van der Waals surface area contributed by atoms with Crippen molar-refractivity contribution >= 4 is 92.7 Å². The van der Waals surface area contributed by atoms with Crippen molar-refractivity contribution in [3.05, 3.63) is 19.0 Å². The third-order valence-corrected chi connectivity index (χ3v) is 17.8. The van der Waals surface area contributed by atoms with Gasteiger partial charge in [0.05, 0.1) is 136 Å². The number of nitrogens with zero attached hydrogens (tertiary/aromatic N) is 12. The molecule has 3 aliphatic heterocycles. The molecule has 0 amide bonds. The molecule has 3 saturated heterocycles. The van der Waals surface area contributed by atoms with Crippen LogP contribution >= 0.6 is 23.5 Å². The fourth-order valence-electron chi connectivity index (χ4n) is 8.40. The lowest BCUT2D eigenvalue weighted by molar-refractivity contribution is -0.148. The minimum absolute atomic E-state index is 0.0126. The van der Waals surface area contributed by atoms with Crippen molar-refractivity contribution in [1.82, 2.24) is 58.6 Å². The van der Waals surface area contributed by atoms with Crippen LogP contribution in [-0.2, 0) is 117 Å². The number of ether oxygens (including phenoxy) is 9. The van der Waals surface area contributed by atoms with Crippen LogP contribution < -0.4 is 31.4 Å². The van der Waals surface area contributed by atoms with E-state index in [2.05, 4.69) is 44.9 Å². The van der Waals surface area contributed by atoms with Crippen LogP contribution in [0.15, 0.2) is 19.0 Å². The minimum Gasteiger partial charge on any atom is -0.476 e. The third-order valence-electron chi connectivity index (χ3n) is 13.5. The van der Waals surface area contributed by atoms with Crippen LogP contribution in [0.1, 0.15) is 81.6 Å². The van der Waals surface area contributed by atoms with Gasteiger partial charge in [-0.2, -0.15) is 29.9 Å². The Bertz CT molecular complexity index is 3240. The summed E-state index contributed by atoms with van der Waals surface area (Å²) in [5.74, 6) is -1.07. The van der Waals surface area contributed by atoms with Gasteiger partial charge in [-0.15, -0.1) is 0 Å². The van der Waals surface area contributed by atoms with Crippen LogP contribution in [0.4, 0.5) is 17.8 Å². The molecule has 96 heavy (non-hydrogen) atoms. The van der Waals surface area contributed by atoms with E-state index in [4.69, 9.17) is 101 Å². The van der Waals surface area contributed by atoms with Gasteiger partial charge in [-0.3, -0.25) is 68.8 Å². The first-order valence-corrected chi connectivity index (χ1v) is 35.2. The van der Waals surface area contributed by atoms with Gasteiger partial charge in [0.15, 0.2) is 33.5 Å². The van der Waals surface area contributed by atoms with E-state index in [0.29, 0.717) is 110 Å². The van der Waals surface area contributed by atoms with E-state index >= 15 is 0 Å². The molecule has 0 aliphatic carbocycles. The quantitative estimate of drug-likeness (QED) is 0.0251. The van der Waals surface area contributed by atoms with Gasteiger partial charge >= 0.3 is 41.4 Å². The SMILES string of the molecule is CCOC(=O)[C@@H](C)CCOP1(=O)OCC(OCn2cnc3c(OCC)nc(N)nc32)CO1.CCOC(=O)[C@@H](C)CCOP1(=O)OCC(OCn2cnc3c(OCC)nc(N)nc32)CO1.CCOC(=O)[C@@H](C)CCOP1(=O)OCC(OCn2cnc3c(OCC)nc(N)nc32)CO1. The highest BCUT2D eigenvalue weighted by Gasteiger charge is 2.38. The number of imidazole rings is 3. The molecule has 0 bridgehead atoms. The lowest BCUT2D eigenvalue weighted by Gasteiger charge is -2.28. The first-order chi connectivity index (χ1) is 46.0. The predicted octanol–water partition coefficient (Wildman–Crippen LogP) is 5.73. The van der Waals surface area contributed by atoms with E-state index in [-0.39, 0.29) is 133 Å². The Morgan fingerprint density at radius 3 is 0.917 bits per heavy atom. The number of anilines is 3. The van der Waals surface area contributed by atoms with E-state index in [1.165, 1.54) is 19.0 Å². The minimum atomic E-state index is -3.70. The average molecular weight is 1420 g/mol. The van der Waals surface area contributed by atoms with E-state index in [1.54, 1.807) is 55.2 Å². The molecule has 534 valence electrons. The summed E-state index contributed by atoms with van der Waals surface area (Å²) in [5, 5.41) is 0. The summed E-state index contributed by atoms with van der Waals surface area (Å²) in [7, 11) is -11.1. The summed E-state index contributed by atoms with van der Waals surface area (Å²) in [6, 6.07) is 0. The van der Waals surface area contributed by atoms with Crippen LogP contribution in [0.5, 0.6) is 17.6 Å². The number of rotatable bonds is 33. The van der Waals surface area contributed by atoms with Crippen molar-refractivity contribution < 1.29 is 111 Å². The lowest BCUT2D eigenvalue weighted by Crippen LogP contribution is -2.30. The molecule has 9 rings (SSSR count). The normalized spacial score (nSPS) is 22.0. The van der Waals surface area contributed by atoms with Gasteiger partial charge in [-0.25, -0.2) is 28.6 Å². The molecule has 0 radical (unpaired) electrons. The molecule has 0 unspecified atom stereocenters. The van der Waals surface area contributed by atoms with E-state index in [0.717, 1.165) is 0 Å². The van der Waals surface area contributed by atoms with Crippen LogP contribution in [-0.4, -0.2) is 194 Å². The fraction of sp³-hybridized carbons (Fsp3) is 0.667. The summed E-state index contributed by atoms with van der Waals surface area (Å²) in [4.78, 5) is 72.3. The molecule has 39 nitrogen and oxygen atoms in total. The molecule has 3 atom stereocenters. The number of nitrogens with two attached hydrogens (primary N) is 3. The van der Waals surface area contributed by atoms with Crippen molar-refractivity contribution in [2.75, 3.05) is 116 Å². The number of carbonyl (C=O) groups is 3. The Hall–Kier alpha value is -6.93. The molecule has 9 heterocycles. The van der Waals surface area contributed by atoms with Gasteiger partial charge < -0.3 is 59.8 Å². The molecule has 0 saturated carbocycles. The second-order valence-electron chi connectivity index (χ2n) is 20.8. The van der Waals surface area contributed by atoms with Crippen molar-refractivity contribution in [2.24, 2.45) is 17.8 Å². The Balaban J connectivity index is 0.000000203. The summed E-state index contributed by atoms with van der Waals surface area (Å²) < 4.78 is 138. The summed E-state index contributed by atoms with van der Waals surface area (Å²) >= 11 is 0. The van der Waals surface area contributed by atoms with Gasteiger partial charge in [0.1, 0.15) is 38.5 Å². The van der Waals surface area contributed by atoms with Crippen LogP contribution in [0.25, 0.3) is 33.5 Å². The Labute approximate surface area is 551 Å². The second-order valence-corrected chi connectivity index (χ2v) is 25.8. The average Bonchev–Trinajstić information content (AvgIpc) is 1.66. The second kappa shape index (κ2) is 37.1. The topological polar surface area (TPSA) is 477 Å². The van der Waals surface area contributed by atoms with Gasteiger partial charge in [0, 0.05) is 0 Å². The highest BCUT2D eigenvalue weighted by molar-refractivity contribution is 7.49. The molecular weight excluding hydrogens is 1340 g/mol. The molecule has 0 aromatic carbocycles. The lowest BCUT2D eigenvalue weighted by atomic mass is 10.1. The number of hydrogen-bond acceptors (Lipinski definition) is 36. The van der Waals surface area contributed by atoms with Gasteiger partial charge in [-0.1, -0.05) is 20.8 Å². The number of nitrogen functional groups attached to an aromatic ring is 3. The maximum atomic E-state index is 12.5. The van der Waals surface area contributed by atoms with Crippen molar-refractivity contribution in [2.45, 2.75) is 120 Å². The molecular formula is C54H84N15O24P3. The zero-order chi connectivity index (χ0) is 69.4. The predicted molar refractivity (Wildman–Crippen MR) is 335 cm³/mol. The van der Waals surface area contributed by atoms with Gasteiger partial charge in [0.2, 0.25) is 35.5 Å². The third kappa shape index (κ3) is 22.3. The number of carbonyl (C=O) groups excluding carboxylic acids is 3. The van der Waals surface area contributed by atoms with Crippen molar-refractivity contribution in [1.29, 1.82) is 0 Å². The molecule has 0 spiro atoms. The van der Waals surface area contributed by atoms with Gasteiger partial charge in [0.25, 0.3) is 0 Å². The van der Waals surface area contributed by atoms with Gasteiger partial charge in [-0.05, 0) is 60.8 Å². The molecule has 42 heteroatoms. The molecule has 6 N–H and O–H groups in total. The van der Waals surface area contributed by atoms with Crippen molar-refractivity contribution in [3.63, 3.8) is 0 Å². The number of esters is 3. The Morgan fingerprint density at radius 1 is 0.438 bits per heavy atom. The molecule has 6 aromatic rings. The molecule has 6 aromatic heterocycles. The zero-order valence-corrected chi connectivity index (χ0v) is 57.5. The Kier molecular flexibility index (Phi) is 29.6. The van der Waals surface area contributed by atoms with Crippen molar-refractivity contribution in [3.8, 4) is 17.6 Å². The number of aromatic nitrogens is 12. The van der Waals surface area contributed by atoms with Crippen LogP contribution in [0.3, 0.4) is 0 Å². The zero-order valence-electron chi connectivity index (χ0n) is 54.8. The maximum absolute atomic E-state index is 12.5. The Morgan fingerprint density at radius 2 is 0.688 bits per heavy atom. The van der Waals surface area contributed by atoms with E-state index < -0.39 is 41.8 Å². The number of hydrogen-bond donors (Lipinski definition) is 3. The monoisotopic (exact) mass is 1420 g/mol. The standard InChI is InChI=1S/3C18H28N5O8P/c3*1-4-26-16-14-15(21-18(19)22-16)23(10-20-14)11-28-13-8-30-32(25,31-9-13)29-7-6-12(3)17(24)27-5-2/h3*10,12-13H,4-9,11H2,1-3H3,(H2,19,21,22)/t3*12-,13?,32?/m000/s1. The smallest absolute Gasteiger partial charge is 0.474 e. The highest BCUT2D eigenvalue weighted by Crippen LogP contribution is 2.54. The van der Waals surface area contributed by atoms with Crippen LogP contribution in [0, 0.1) is 17.8 Å². The largest absolute Gasteiger partial charge is 0.476 e. The highest BCUT2D eigenvalue weighted by atomic mass is 31.2. The number of fused-ring (bicyclic) bond motifs is 3. The maximum Gasteiger partial charge on any atom is 0.474 e. The fourth-order valence-corrected chi connectivity index (χ4v) is 12.2. The van der Waals surface area contributed by atoms with Crippen LogP contribution in [0.2, 0.25) is 0 Å². The summed E-state index contributed by atoms with van der Waals surface area (Å²) in [5.41, 5.74) is 20.0. The first kappa shape index (κ1) is 76.4. The molecule has 3 aliphatic rings. The van der Waals surface area contributed by atoms with E-state index in [1.807, 2.05) is 20.8 Å². The first-order valence-electron chi connectivity index (χ1n) is 30.8. The van der Waals surface area contributed by atoms with E-state index in [9.17, 15) is 28.1 Å². The summed E-state index contributed by atoms with van der Waals surface area (Å²) in [6.07, 6.45) is 4.14. The molecule has 3 fully saturated rings. The number of phosphoric acid groups is 3. The summed E-state index contributed by atoms with van der Waals surface area (Å²) in [6.45, 7) is 18.4. The number of phosphoric ester groups is 3.